The number of esters is 1. The van der Waals surface area contributed by atoms with Crippen molar-refractivity contribution >= 4 is 39.4 Å². The first-order chi connectivity index (χ1) is 17.0. The largest absolute Gasteiger partial charge is 0.464 e. The number of amides is 1. The maximum Gasteiger partial charge on any atom is 0.328 e. The van der Waals surface area contributed by atoms with Crippen LogP contribution in [-0.4, -0.2) is 53.2 Å². The Bertz CT molecular complexity index is 1410. The number of hydrogen-bond acceptors (Lipinski definition) is 9. The predicted octanol–water partition coefficient (Wildman–Crippen LogP) is 1.35. The molecule has 1 aromatic carbocycles. The van der Waals surface area contributed by atoms with Crippen LogP contribution in [0.1, 0.15) is 40.7 Å². The summed E-state index contributed by atoms with van der Waals surface area (Å²) < 4.78 is 6.82. The summed E-state index contributed by atoms with van der Waals surface area (Å²) in [6.07, 6.45) is 2.14. The Morgan fingerprint density at radius 2 is 2.14 bits per heavy atom. The topological polar surface area (TPSA) is 143 Å². The van der Waals surface area contributed by atoms with Gasteiger partial charge in [0.15, 0.2) is 0 Å². The number of carbonyl (C=O) groups excluding carboxylic acids is 2. The summed E-state index contributed by atoms with van der Waals surface area (Å²) in [7, 11) is 0. The molecule has 35 heavy (non-hydrogen) atoms. The zero-order chi connectivity index (χ0) is 24.5. The molecule has 2 aromatic heterocycles. The summed E-state index contributed by atoms with van der Waals surface area (Å²) in [5.41, 5.74) is 7.65. The number of nitrogens with one attached hydrogen (secondary N) is 1. The molecule has 5 rings (SSSR count). The zero-order valence-corrected chi connectivity index (χ0v) is 19.7. The molecule has 3 aromatic rings. The van der Waals surface area contributed by atoms with Crippen LogP contribution < -0.4 is 21.5 Å². The van der Waals surface area contributed by atoms with Crippen LogP contribution in [0.2, 0.25) is 0 Å². The second-order valence-electron chi connectivity index (χ2n) is 8.73. The average molecular weight is 493 g/mol. The molecule has 2 aliphatic rings. The predicted molar refractivity (Wildman–Crippen MR) is 130 cm³/mol. The number of thiophene rings is 1. The summed E-state index contributed by atoms with van der Waals surface area (Å²) in [4.78, 5) is 45.3. The molecule has 2 saturated heterocycles. The van der Waals surface area contributed by atoms with Crippen LogP contribution in [0, 0.1) is 11.3 Å². The van der Waals surface area contributed by atoms with Crippen molar-refractivity contribution in [2.24, 2.45) is 5.73 Å². The van der Waals surface area contributed by atoms with Gasteiger partial charge in [-0.25, -0.2) is 9.78 Å². The van der Waals surface area contributed by atoms with E-state index in [4.69, 9.17) is 15.5 Å². The Hall–Kier alpha value is -3.75. The van der Waals surface area contributed by atoms with Crippen LogP contribution in [0.4, 0.5) is 5.95 Å². The Morgan fingerprint density at radius 1 is 1.31 bits per heavy atom. The molecular weight excluding hydrogens is 468 g/mol. The molecule has 0 radical (unpaired) electrons. The number of cyclic esters (lactones) is 1. The lowest BCUT2D eigenvalue weighted by molar-refractivity contribution is -0.139. The van der Waals surface area contributed by atoms with Crippen LogP contribution in [-0.2, 0) is 16.1 Å². The summed E-state index contributed by atoms with van der Waals surface area (Å²) in [5.74, 6) is -0.522. The number of piperidine rings is 1. The van der Waals surface area contributed by atoms with Gasteiger partial charge in [0.1, 0.15) is 16.3 Å². The Labute approximate surface area is 204 Å². The number of ether oxygens (including phenoxy) is 1. The molecule has 0 saturated carbocycles. The second-order valence-corrected chi connectivity index (χ2v) is 9.61. The quantitative estimate of drug-likeness (QED) is 0.508. The Kier molecular flexibility index (Phi) is 6.23. The fourth-order valence-corrected chi connectivity index (χ4v) is 5.46. The van der Waals surface area contributed by atoms with E-state index in [0.717, 1.165) is 24.2 Å². The lowest BCUT2D eigenvalue weighted by Crippen LogP contribution is -2.45. The first-order valence-corrected chi connectivity index (χ1v) is 12.3. The third-order valence-corrected chi connectivity index (χ3v) is 7.31. The van der Waals surface area contributed by atoms with E-state index in [1.807, 2.05) is 17.0 Å². The first kappa shape index (κ1) is 23.0. The summed E-state index contributed by atoms with van der Waals surface area (Å²) in [6, 6.07) is 8.54. The normalized spacial score (nSPS) is 20.0. The molecule has 1 amide bonds. The van der Waals surface area contributed by atoms with Gasteiger partial charge in [0.25, 0.3) is 11.5 Å². The smallest absolute Gasteiger partial charge is 0.328 e. The molecule has 180 valence electrons. The summed E-state index contributed by atoms with van der Waals surface area (Å²) >= 11 is 1.14. The molecule has 2 unspecified atom stereocenters. The molecule has 3 N–H and O–H groups in total. The Balaban J connectivity index is 1.60. The standard InChI is InChI=1S/C24H24N6O4S/c25-10-14-4-1-2-5-15(14)11-30-22(32)20-19(28-24(30)29-8-3-6-16(26)12-29)17(13-35-20)21(31)27-18-7-9-34-23(18)33/h1-2,4-5,13,16,18H,3,6-9,11-12,26H2,(H,27,31). The molecule has 0 bridgehead atoms. The fourth-order valence-electron chi connectivity index (χ4n) is 4.53. The van der Waals surface area contributed by atoms with E-state index in [-0.39, 0.29) is 30.3 Å². The maximum atomic E-state index is 13.7. The number of carbonyl (C=O) groups is 2. The van der Waals surface area contributed by atoms with E-state index < -0.39 is 17.9 Å². The van der Waals surface area contributed by atoms with Gasteiger partial charge in [-0.15, -0.1) is 11.3 Å². The van der Waals surface area contributed by atoms with Gasteiger partial charge in [-0.05, 0) is 24.5 Å². The molecule has 11 heteroatoms. The van der Waals surface area contributed by atoms with Crippen molar-refractivity contribution in [1.82, 2.24) is 14.9 Å². The van der Waals surface area contributed by atoms with Crippen molar-refractivity contribution in [3.05, 3.63) is 56.7 Å². The number of anilines is 1. The van der Waals surface area contributed by atoms with Gasteiger partial charge in [-0.1, -0.05) is 18.2 Å². The zero-order valence-electron chi connectivity index (χ0n) is 18.9. The van der Waals surface area contributed by atoms with Gasteiger partial charge in [0, 0.05) is 30.9 Å². The van der Waals surface area contributed by atoms with E-state index in [1.165, 1.54) is 0 Å². The number of rotatable bonds is 5. The van der Waals surface area contributed by atoms with Gasteiger partial charge in [0.2, 0.25) is 5.95 Å². The number of fused-ring (bicyclic) bond motifs is 1. The van der Waals surface area contributed by atoms with E-state index >= 15 is 0 Å². The number of nitriles is 1. The van der Waals surface area contributed by atoms with Gasteiger partial charge < -0.3 is 20.7 Å². The van der Waals surface area contributed by atoms with Crippen LogP contribution in [0.15, 0.2) is 34.4 Å². The van der Waals surface area contributed by atoms with E-state index in [1.54, 1.807) is 22.1 Å². The number of aromatic nitrogens is 2. The minimum Gasteiger partial charge on any atom is -0.464 e. The molecule has 10 nitrogen and oxygen atoms in total. The average Bonchev–Trinajstić information content (AvgIpc) is 3.47. The highest BCUT2D eigenvalue weighted by Crippen LogP contribution is 2.27. The monoisotopic (exact) mass is 492 g/mol. The van der Waals surface area contributed by atoms with Crippen LogP contribution in [0.5, 0.6) is 0 Å². The van der Waals surface area contributed by atoms with Gasteiger partial charge in [-0.3, -0.25) is 14.2 Å². The summed E-state index contributed by atoms with van der Waals surface area (Å²) in [6.45, 7) is 1.63. The molecule has 4 heterocycles. The molecule has 0 aliphatic carbocycles. The van der Waals surface area contributed by atoms with E-state index in [2.05, 4.69) is 11.4 Å². The molecular formula is C24H24N6O4S. The number of nitrogens with zero attached hydrogens (tertiary/aromatic N) is 4. The van der Waals surface area contributed by atoms with Crippen molar-refractivity contribution in [1.29, 1.82) is 5.26 Å². The van der Waals surface area contributed by atoms with Crippen molar-refractivity contribution in [2.75, 3.05) is 24.6 Å². The fraction of sp³-hybridized carbons (Fsp3) is 0.375. The second kappa shape index (κ2) is 9.48. The summed E-state index contributed by atoms with van der Waals surface area (Å²) in [5, 5.41) is 13.8. The number of nitrogens with two attached hydrogens (primary N) is 1. The van der Waals surface area contributed by atoms with Crippen molar-refractivity contribution in [3.63, 3.8) is 0 Å². The highest BCUT2D eigenvalue weighted by molar-refractivity contribution is 7.17. The lowest BCUT2D eigenvalue weighted by Gasteiger charge is -2.33. The van der Waals surface area contributed by atoms with Gasteiger partial charge in [0.05, 0.1) is 30.3 Å². The van der Waals surface area contributed by atoms with Crippen LogP contribution in [0.3, 0.4) is 0 Å². The third kappa shape index (κ3) is 4.38. The van der Waals surface area contributed by atoms with Crippen molar-refractivity contribution in [3.8, 4) is 6.07 Å². The third-order valence-electron chi connectivity index (χ3n) is 6.35. The van der Waals surface area contributed by atoms with Crippen LogP contribution in [0.25, 0.3) is 10.2 Å². The maximum absolute atomic E-state index is 13.7. The molecule has 0 spiro atoms. The highest BCUT2D eigenvalue weighted by atomic mass is 32.1. The first-order valence-electron chi connectivity index (χ1n) is 11.4. The van der Waals surface area contributed by atoms with E-state index in [9.17, 15) is 19.6 Å². The Morgan fingerprint density at radius 3 is 2.89 bits per heavy atom. The molecule has 2 aliphatic heterocycles. The van der Waals surface area contributed by atoms with Gasteiger partial charge in [-0.2, -0.15) is 5.26 Å². The van der Waals surface area contributed by atoms with Crippen molar-refractivity contribution in [2.45, 2.75) is 37.9 Å². The number of hydrogen-bond donors (Lipinski definition) is 2. The van der Waals surface area contributed by atoms with Crippen LogP contribution >= 0.6 is 11.3 Å². The SMILES string of the molecule is N#Cc1ccccc1Cn1c(N2CCCC(N)C2)nc2c(C(=O)NC3CCOC3=O)csc2c1=O. The minimum atomic E-state index is -0.708. The number of benzene rings is 1. The van der Waals surface area contributed by atoms with Gasteiger partial charge >= 0.3 is 5.97 Å². The molecule has 2 atom stereocenters. The van der Waals surface area contributed by atoms with Crippen molar-refractivity contribution < 1.29 is 14.3 Å². The lowest BCUT2D eigenvalue weighted by atomic mass is 10.1. The molecule has 2 fully saturated rings. The van der Waals surface area contributed by atoms with E-state index in [0.29, 0.717) is 46.8 Å². The minimum absolute atomic E-state index is 0.0604. The highest BCUT2D eigenvalue weighted by Gasteiger charge is 2.30.